The Morgan fingerprint density at radius 3 is 2.69 bits per heavy atom. The van der Waals surface area contributed by atoms with E-state index in [1.54, 1.807) is 6.92 Å². The normalized spacial score (nSPS) is 23.2. The van der Waals surface area contributed by atoms with E-state index in [-0.39, 0.29) is 6.10 Å². The van der Waals surface area contributed by atoms with Gasteiger partial charge in [0.15, 0.2) is 0 Å². The van der Waals surface area contributed by atoms with Crippen LogP contribution in [-0.4, -0.2) is 49.0 Å². The van der Waals surface area contributed by atoms with Gasteiger partial charge < -0.3 is 9.84 Å². The van der Waals surface area contributed by atoms with Gasteiger partial charge in [-0.15, -0.1) is 0 Å². The van der Waals surface area contributed by atoms with Crippen molar-refractivity contribution in [3.8, 4) is 0 Å². The molecule has 1 N–H and O–H groups in total. The fourth-order valence-corrected chi connectivity index (χ4v) is 1.58. The van der Waals surface area contributed by atoms with Gasteiger partial charge in [0.05, 0.1) is 19.3 Å². The molecule has 1 heterocycles. The zero-order chi connectivity index (χ0) is 9.68. The Bertz CT molecular complexity index is 172. The maximum atomic E-state index is 9.13. The molecule has 1 unspecified atom stereocenters. The fraction of sp³-hybridized carbons (Fsp3) is 0.800. The molecule has 1 aliphatic heterocycles. The van der Waals surface area contributed by atoms with Gasteiger partial charge in [0, 0.05) is 19.6 Å². The molecule has 0 spiro atoms. The molecule has 1 atom stereocenters. The van der Waals surface area contributed by atoms with Crippen LogP contribution in [0.15, 0.2) is 11.6 Å². The molecule has 0 aromatic heterocycles. The minimum Gasteiger partial charge on any atom is -0.389 e. The SMILES string of the molecule is C/C(=C/C(C)O)CN1CCOCC1. The lowest BCUT2D eigenvalue weighted by Crippen LogP contribution is -2.37. The average Bonchev–Trinajstić information content (AvgIpc) is 2.04. The summed E-state index contributed by atoms with van der Waals surface area (Å²) in [5, 5.41) is 9.13. The van der Waals surface area contributed by atoms with E-state index in [1.165, 1.54) is 5.57 Å². The Hall–Kier alpha value is -0.380. The van der Waals surface area contributed by atoms with Crippen molar-refractivity contribution < 1.29 is 9.84 Å². The van der Waals surface area contributed by atoms with E-state index in [1.807, 2.05) is 6.08 Å². The van der Waals surface area contributed by atoms with Crippen molar-refractivity contribution >= 4 is 0 Å². The lowest BCUT2D eigenvalue weighted by Gasteiger charge is -2.26. The summed E-state index contributed by atoms with van der Waals surface area (Å²) in [7, 11) is 0. The highest BCUT2D eigenvalue weighted by Gasteiger charge is 2.09. The van der Waals surface area contributed by atoms with Crippen molar-refractivity contribution in [1.82, 2.24) is 4.90 Å². The minimum atomic E-state index is -0.332. The molecule has 1 saturated heterocycles. The molecule has 1 fully saturated rings. The average molecular weight is 185 g/mol. The Labute approximate surface area is 80.0 Å². The van der Waals surface area contributed by atoms with Crippen LogP contribution in [0.1, 0.15) is 13.8 Å². The molecule has 0 saturated carbocycles. The third-order valence-electron chi connectivity index (χ3n) is 2.10. The number of aliphatic hydroxyl groups is 1. The summed E-state index contributed by atoms with van der Waals surface area (Å²) in [5.41, 5.74) is 1.23. The second-order valence-electron chi connectivity index (χ2n) is 3.64. The third kappa shape index (κ3) is 4.41. The van der Waals surface area contributed by atoms with Crippen LogP contribution in [0.4, 0.5) is 0 Å². The van der Waals surface area contributed by atoms with Crippen LogP contribution in [0.25, 0.3) is 0 Å². The predicted octanol–water partition coefficient (Wildman–Crippen LogP) is 0.646. The maximum Gasteiger partial charge on any atom is 0.0695 e. The van der Waals surface area contributed by atoms with Gasteiger partial charge in [-0.3, -0.25) is 4.90 Å². The predicted molar refractivity (Wildman–Crippen MR) is 52.7 cm³/mol. The topological polar surface area (TPSA) is 32.7 Å². The van der Waals surface area contributed by atoms with E-state index in [0.29, 0.717) is 0 Å². The summed E-state index contributed by atoms with van der Waals surface area (Å²) in [6.07, 6.45) is 1.57. The van der Waals surface area contributed by atoms with Crippen LogP contribution in [0.2, 0.25) is 0 Å². The largest absolute Gasteiger partial charge is 0.389 e. The van der Waals surface area contributed by atoms with Gasteiger partial charge in [-0.1, -0.05) is 11.6 Å². The molecule has 3 nitrogen and oxygen atoms in total. The molecule has 13 heavy (non-hydrogen) atoms. The highest BCUT2D eigenvalue weighted by Crippen LogP contribution is 2.03. The van der Waals surface area contributed by atoms with Crippen LogP contribution in [0, 0.1) is 0 Å². The third-order valence-corrected chi connectivity index (χ3v) is 2.10. The van der Waals surface area contributed by atoms with E-state index in [4.69, 9.17) is 9.84 Å². The van der Waals surface area contributed by atoms with Crippen LogP contribution in [-0.2, 0) is 4.74 Å². The molecule has 0 aliphatic carbocycles. The van der Waals surface area contributed by atoms with Crippen LogP contribution >= 0.6 is 0 Å². The minimum absolute atomic E-state index is 0.332. The van der Waals surface area contributed by atoms with E-state index in [0.717, 1.165) is 32.8 Å². The smallest absolute Gasteiger partial charge is 0.0695 e. The van der Waals surface area contributed by atoms with E-state index >= 15 is 0 Å². The van der Waals surface area contributed by atoms with Gasteiger partial charge in [-0.05, 0) is 13.8 Å². The van der Waals surface area contributed by atoms with E-state index in [2.05, 4.69) is 11.8 Å². The lowest BCUT2D eigenvalue weighted by atomic mass is 10.2. The summed E-state index contributed by atoms with van der Waals surface area (Å²) in [6, 6.07) is 0. The number of morpholine rings is 1. The molecule has 1 rings (SSSR count). The molecule has 1 aliphatic rings. The van der Waals surface area contributed by atoms with Crippen molar-refractivity contribution in [2.24, 2.45) is 0 Å². The van der Waals surface area contributed by atoms with Gasteiger partial charge in [0.25, 0.3) is 0 Å². The summed E-state index contributed by atoms with van der Waals surface area (Å²) in [6.45, 7) is 8.47. The molecule has 0 radical (unpaired) electrons. The van der Waals surface area contributed by atoms with Gasteiger partial charge in [0.2, 0.25) is 0 Å². The maximum absolute atomic E-state index is 9.13. The summed E-state index contributed by atoms with van der Waals surface area (Å²) in [5.74, 6) is 0. The molecule has 0 bridgehead atoms. The zero-order valence-corrected chi connectivity index (χ0v) is 8.49. The quantitative estimate of drug-likeness (QED) is 0.655. The van der Waals surface area contributed by atoms with Gasteiger partial charge >= 0.3 is 0 Å². The van der Waals surface area contributed by atoms with Crippen molar-refractivity contribution in [1.29, 1.82) is 0 Å². The molecule has 0 amide bonds. The number of rotatable bonds is 3. The Morgan fingerprint density at radius 2 is 2.15 bits per heavy atom. The number of aliphatic hydroxyl groups excluding tert-OH is 1. The van der Waals surface area contributed by atoms with Gasteiger partial charge in [-0.2, -0.15) is 0 Å². The first kappa shape index (κ1) is 10.7. The van der Waals surface area contributed by atoms with Crippen LogP contribution < -0.4 is 0 Å². The Kier molecular flexibility index (Phi) is 4.42. The second-order valence-corrected chi connectivity index (χ2v) is 3.64. The molecular weight excluding hydrogens is 166 g/mol. The van der Waals surface area contributed by atoms with Crippen molar-refractivity contribution in [2.45, 2.75) is 20.0 Å². The van der Waals surface area contributed by atoms with Crippen molar-refractivity contribution in [3.05, 3.63) is 11.6 Å². The second kappa shape index (κ2) is 5.37. The lowest BCUT2D eigenvalue weighted by molar-refractivity contribution is 0.0421. The molecule has 0 aromatic carbocycles. The molecule has 0 aromatic rings. The summed E-state index contributed by atoms with van der Waals surface area (Å²) in [4.78, 5) is 2.34. The summed E-state index contributed by atoms with van der Waals surface area (Å²) >= 11 is 0. The Balaban J connectivity index is 2.29. The van der Waals surface area contributed by atoms with Gasteiger partial charge in [-0.25, -0.2) is 0 Å². The molecular formula is C10H19NO2. The first-order valence-electron chi connectivity index (χ1n) is 4.84. The molecule has 3 heteroatoms. The number of hydrogen-bond acceptors (Lipinski definition) is 3. The highest BCUT2D eigenvalue weighted by molar-refractivity contribution is 5.03. The highest BCUT2D eigenvalue weighted by atomic mass is 16.5. The van der Waals surface area contributed by atoms with Crippen LogP contribution in [0.5, 0.6) is 0 Å². The van der Waals surface area contributed by atoms with Gasteiger partial charge in [0.1, 0.15) is 0 Å². The zero-order valence-electron chi connectivity index (χ0n) is 8.49. The summed E-state index contributed by atoms with van der Waals surface area (Å²) < 4.78 is 5.25. The number of ether oxygens (including phenoxy) is 1. The van der Waals surface area contributed by atoms with Crippen molar-refractivity contribution in [3.63, 3.8) is 0 Å². The molecule has 76 valence electrons. The van der Waals surface area contributed by atoms with Crippen LogP contribution in [0.3, 0.4) is 0 Å². The standard InChI is InChI=1S/C10H19NO2/c1-9(7-10(2)12)8-11-3-5-13-6-4-11/h7,10,12H,3-6,8H2,1-2H3/b9-7-. The number of nitrogens with zero attached hydrogens (tertiary/aromatic N) is 1. The van der Waals surface area contributed by atoms with E-state index in [9.17, 15) is 0 Å². The fourth-order valence-electron chi connectivity index (χ4n) is 1.58. The number of hydrogen-bond donors (Lipinski definition) is 1. The first-order valence-corrected chi connectivity index (χ1v) is 4.84. The Morgan fingerprint density at radius 1 is 1.54 bits per heavy atom. The van der Waals surface area contributed by atoms with E-state index < -0.39 is 0 Å². The monoisotopic (exact) mass is 185 g/mol. The van der Waals surface area contributed by atoms with Crippen molar-refractivity contribution in [2.75, 3.05) is 32.8 Å². The first-order chi connectivity index (χ1) is 6.18.